The minimum absolute atomic E-state index is 0.146. The molecule has 0 fully saturated rings. The first-order valence-electron chi connectivity index (χ1n) is 7.48. The summed E-state index contributed by atoms with van der Waals surface area (Å²) < 4.78 is 5.36. The van der Waals surface area contributed by atoms with Gasteiger partial charge in [-0.3, -0.25) is 9.78 Å². The number of hydrogen-bond donors (Lipinski definition) is 1. The zero-order valence-corrected chi connectivity index (χ0v) is 13.1. The normalized spacial score (nSPS) is 11.9. The van der Waals surface area contributed by atoms with Gasteiger partial charge in [0.15, 0.2) is 0 Å². The zero-order chi connectivity index (χ0) is 16.2. The van der Waals surface area contributed by atoms with Crippen molar-refractivity contribution in [2.24, 2.45) is 0 Å². The van der Waals surface area contributed by atoms with Gasteiger partial charge in [0.1, 0.15) is 5.75 Å². The Labute approximate surface area is 135 Å². The van der Waals surface area contributed by atoms with Crippen molar-refractivity contribution in [3.8, 4) is 5.75 Å². The summed E-state index contributed by atoms with van der Waals surface area (Å²) in [5.74, 6) is 0.615. The van der Waals surface area contributed by atoms with Crippen LogP contribution in [0.15, 0.2) is 60.8 Å². The summed E-state index contributed by atoms with van der Waals surface area (Å²) in [6, 6.07) is 16.9. The predicted molar refractivity (Wildman–Crippen MR) is 90.6 cm³/mol. The molecule has 0 saturated carbocycles. The number of benzene rings is 2. The predicted octanol–water partition coefficient (Wildman–Crippen LogP) is 3.73. The Balaban J connectivity index is 1.89. The number of aromatic nitrogens is 1. The van der Waals surface area contributed by atoms with E-state index in [9.17, 15) is 4.79 Å². The molecule has 3 aromatic rings. The molecule has 1 heterocycles. The van der Waals surface area contributed by atoms with E-state index >= 15 is 0 Å². The summed E-state index contributed by atoms with van der Waals surface area (Å²) in [7, 11) is 1.63. The first kappa shape index (κ1) is 15.0. The van der Waals surface area contributed by atoms with Crippen molar-refractivity contribution in [1.82, 2.24) is 10.3 Å². The second kappa shape index (κ2) is 6.48. The summed E-state index contributed by atoms with van der Waals surface area (Å²) in [5.41, 5.74) is 2.22. The summed E-state index contributed by atoms with van der Waals surface area (Å²) in [4.78, 5) is 17.0. The fraction of sp³-hybridized carbons (Fsp3) is 0.158. The van der Waals surface area contributed by atoms with E-state index in [4.69, 9.17) is 4.74 Å². The van der Waals surface area contributed by atoms with E-state index in [-0.39, 0.29) is 11.9 Å². The molecule has 2 aromatic carbocycles. The van der Waals surface area contributed by atoms with E-state index in [1.165, 1.54) is 0 Å². The number of methoxy groups -OCH3 is 1. The van der Waals surface area contributed by atoms with Gasteiger partial charge in [-0.25, -0.2) is 0 Å². The minimum Gasteiger partial charge on any atom is -0.496 e. The molecule has 1 N–H and O–H groups in total. The number of carbonyl (C=O) groups is 1. The fourth-order valence-corrected chi connectivity index (χ4v) is 2.66. The van der Waals surface area contributed by atoms with Crippen LogP contribution in [0.5, 0.6) is 5.75 Å². The molecule has 0 aliphatic rings. The smallest absolute Gasteiger partial charge is 0.253 e. The average molecular weight is 306 g/mol. The molecule has 1 aromatic heterocycles. The fourth-order valence-electron chi connectivity index (χ4n) is 2.66. The van der Waals surface area contributed by atoms with Crippen molar-refractivity contribution >= 4 is 16.8 Å². The molecule has 1 atom stereocenters. The number of para-hydroxylation sites is 2. The van der Waals surface area contributed by atoms with Crippen LogP contribution in [-0.2, 0) is 0 Å². The van der Waals surface area contributed by atoms with Crippen LogP contribution < -0.4 is 10.1 Å². The Hall–Kier alpha value is -2.88. The highest BCUT2D eigenvalue weighted by Gasteiger charge is 2.16. The number of carbonyl (C=O) groups excluding carboxylic acids is 1. The molecule has 0 aliphatic heterocycles. The molecule has 1 amide bonds. The Morgan fingerprint density at radius 3 is 2.70 bits per heavy atom. The van der Waals surface area contributed by atoms with Gasteiger partial charge in [-0.05, 0) is 25.1 Å². The van der Waals surface area contributed by atoms with Crippen LogP contribution in [0, 0.1) is 0 Å². The highest BCUT2D eigenvalue weighted by atomic mass is 16.5. The Bertz CT molecular complexity index is 840. The monoisotopic (exact) mass is 306 g/mol. The van der Waals surface area contributed by atoms with Gasteiger partial charge in [-0.2, -0.15) is 0 Å². The van der Waals surface area contributed by atoms with E-state index in [1.54, 1.807) is 19.4 Å². The molecule has 0 unspecified atom stereocenters. The molecule has 0 bridgehead atoms. The number of pyridine rings is 1. The second-order valence-electron chi connectivity index (χ2n) is 5.32. The molecular formula is C19H18N2O2. The van der Waals surface area contributed by atoms with E-state index in [2.05, 4.69) is 10.3 Å². The standard InChI is InChI=1S/C19H18N2O2/c1-13(15-9-3-4-11-17(15)23-2)21-19(22)16-10-5-7-14-8-6-12-20-18(14)16/h3-13H,1-2H3,(H,21,22)/t13-/m0/s1. The summed E-state index contributed by atoms with van der Waals surface area (Å²) >= 11 is 0. The van der Waals surface area contributed by atoms with E-state index in [0.29, 0.717) is 11.1 Å². The molecule has 23 heavy (non-hydrogen) atoms. The van der Waals surface area contributed by atoms with Crippen LogP contribution in [0.4, 0.5) is 0 Å². The number of fused-ring (bicyclic) bond motifs is 1. The molecule has 0 aliphatic carbocycles. The first-order valence-corrected chi connectivity index (χ1v) is 7.48. The molecular weight excluding hydrogens is 288 g/mol. The van der Waals surface area contributed by atoms with Gasteiger partial charge in [0.05, 0.1) is 24.2 Å². The van der Waals surface area contributed by atoms with Crippen molar-refractivity contribution in [3.05, 3.63) is 71.9 Å². The van der Waals surface area contributed by atoms with Crippen LogP contribution in [0.3, 0.4) is 0 Å². The average Bonchev–Trinajstić information content (AvgIpc) is 2.61. The van der Waals surface area contributed by atoms with Gasteiger partial charge in [0.2, 0.25) is 0 Å². The van der Waals surface area contributed by atoms with Gasteiger partial charge < -0.3 is 10.1 Å². The maximum Gasteiger partial charge on any atom is 0.253 e. The lowest BCUT2D eigenvalue weighted by Gasteiger charge is -2.17. The van der Waals surface area contributed by atoms with E-state index < -0.39 is 0 Å². The van der Waals surface area contributed by atoms with E-state index in [1.807, 2.05) is 55.5 Å². The van der Waals surface area contributed by atoms with Crippen LogP contribution in [0.25, 0.3) is 10.9 Å². The largest absolute Gasteiger partial charge is 0.496 e. The topological polar surface area (TPSA) is 51.2 Å². The Morgan fingerprint density at radius 2 is 1.87 bits per heavy atom. The first-order chi connectivity index (χ1) is 11.2. The molecule has 4 nitrogen and oxygen atoms in total. The number of hydrogen-bond acceptors (Lipinski definition) is 3. The second-order valence-corrected chi connectivity index (χ2v) is 5.32. The molecule has 0 spiro atoms. The number of amides is 1. The quantitative estimate of drug-likeness (QED) is 0.799. The lowest BCUT2D eigenvalue weighted by molar-refractivity contribution is 0.0941. The maximum absolute atomic E-state index is 12.7. The van der Waals surface area contributed by atoms with E-state index in [0.717, 1.165) is 16.7 Å². The third-order valence-electron chi connectivity index (χ3n) is 3.83. The highest BCUT2D eigenvalue weighted by molar-refractivity contribution is 6.05. The van der Waals surface area contributed by atoms with Crippen LogP contribution in [0.1, 0.15) is 28.9 Å². The maximum atomic E-state index is 12.7. The van der Waals surface area contributed by atoms with Gasteiger partial charge in [-0.1, -0.05) is 36.4 Å². The Kier molecular flexibility index (Phi) is 4.24. The van der Waals surface area contributed by atoms with Crippen LogP contribution in [-0.4, -0.2) is 18.0 Å². The summed E-state index contributed by atoms with van der Waals surface area (Å²) in [6.45, 7) is 1.94. The Morgan fingerprint density at radius 1 is 1.09 bits per heavy atom. The van der Waals surface area contributed by atoms with Crippen molar-refractivity contribution in [2.45, 2.75) is 13.0 Å². The van der Waals surface area contributed by atoms with Gasteiger partial charge in [0, 0.05) is 17.1 Å². The zero-order valence-electron chi connectivity index (χ0n) is 13.1. The van der Waals surface area contributed by atoms with Crippen LogP contribution in [0.2, 0.25) is 0 Å². The molecule has 0 radical (unpaired) electrons. The number of nitrogens with one attached hydrogen (secondary N) is 1. The SMILES string of the molecule is COc1ccccc1[C@H](C)NC(=O)c1cccc2cccnc12. The van der Waals surface area contributed by atoms with Gasteiger partial charge in [-0.15, -0.1) is 0 Å². The highest BCUT2D eigenvalue weighted by Crippen LogP contribution is 2.25. The molecule has 0 saturated heterocycles. The number of ether oxygens (including phenoxy) is 1. The van der Waals surface area contributed by atoms with Crippen molar-refractivity contribution in [2.75, 3.05) is 7.11 Å². The molecule has 116 valence electrons. The van der Waals surface area contributed by atoms with Crippen LogP contribution >= 0.6 is 0 Å². The summed E-state index contributed by atoms with van der Waals surface area (Å²) in [5, 5.41) is 3.97. The van der Waals surface area contributed by atoms with Crippen molar-refractivity contribution in [1.29, 1.82) is 0 Å². The number of nitrogens with zero attached hydrogens (tertiary/aromatic N) is 1. The van der Waals surface area contributed by atoms with Crippen molar-refractivity contribution in [3.63, 3.8) is 0 Å². The van der Waals surface area contributed by atoms with Gasteiger partial charge in [0.25, 0.3) is 5.91 Å². The lowest BCUT2D eigenvalue weighted by Crippen LogP contribution is -2.27. The lowest BCUT2D eigenvalue weighted by atomic mass is 10.1. The molecule has 3 rings (SSSR count). The third-order valence-corrected chi connectivity index (χ3v) is 3.83. The van der Waals surface area contributed by atoms with Gasteiger partial charge >= 0.3 is 0 Å². The minimum atomic E-state index is -0.169. The summed E-state index contributed by atoms with van der Waals surface area (Å²) in [6.07, 6.45) is 1.70. The number of rotatable bonds is 4. The van der Waals surface area contributed by atoms with Crippen molar-refractivity contribution < 1.29 is 9.53 Å². The molecule has 4 heteroatoms. The third kappa shape index (κ3) is 3.01.